The van der Waals surface area contributed by atoms with Gasteiger partial charge in [0.15, 0.2) is 0 Å². The number of aryl methyl sites for hydroxylation is 3. The maximum Gasteiger partial charge on any atom is 0.263 e. The SMILES string of the molecule is CCc1nc(C)c(C(=O)N[C@@H]2CCOC[C@@H]2Oc2ccc(C)nc2)s1. The Morgan fingerprint density at radius 2 is 2.28 bits per heavy atom. The number of thiazole rings is 1. The van der Waals surface area contributed by atoms with Crippen LogP contribution in [0, 0.1) is 13.8 Å². The second-order valence-electron chi connectivity index (χ2n) is 6.11. The van der Waals surface area contributed by atoms with E-state index in [0.29, 0.717) is 30.3 Å². The maximum atomic E-state index is 12.7. The Hall–Kier alpha value is -1.99. The summed E-state index contributed by atoms with van der Waals surface area (Å²) in [4.78, 5) is 22.0. The second-order valence-corrected chi connectivity index (χ2v) is 7.19. The van der Waals surface area contributed by atoms with Crippen molar-refractivity contribution in [1.29, 1.82) is 0 Å². The van der Waals surface area contributed by atoms with Crippen molar-refractivity contribution in [3.63, 3.8) is 0 Å². The molecule has 2 aromatic rings. The highest BCUT2D eigenvalue weighted by molar-refractivity contribution is 7.13. The summed E-state index contributed by atoms with van der Waals surface area (Å²) in [6.07, 6.45) is 3.01. The van der Waals surface area contributed by atoms with Gasteiger partial charge in [0.05, 0.1) is 29.5 Å². The highest BCUT2D eigenvalue weighted by Gasteiger charge is 2.30. The van der Waals surface area contributed by atoms with Crippen LogP contribution in [0.4, 0.5) is 0 Å². The summed E-state index contributed by atoms with van der Waals surface area (Å²) in [5.41, 5.74) is 1.72. The zero-order valence-corrected chi connectivity index (χ0v) is 15.6. The molecule has 1 fully saturated rings. The van der Waals surface area contributed by atoms with E-state index in [1.54, 1.807) is 6.20 Å². The van der Waals surface area contributed by atoms with Crippen LogP contribution in [-0.2, 0) is 11.2 Å². The zero-order chi connectivity index (χ0) is 17.8. The molecule has 0 aromatic carbocycles. The number of ether oxygens (including phenoxy) is 2. The summed E-state index contributed by atoms with van der Waals surface area (Å²) in [6, 6.07) is 3.69. The van der Waals surface area contributed by atoms with Gasteiger partial charge in [0.2, 0.25) is 0 Å². The fraction of sp³-hybridized carbons (Fsp3) is 0.500. The fourth-order valence-electron chi connectivity index (χ4n) is 2.74. The molecule has 0 bridgehead atoms. The van der Waals surface area contributed by atoms with Crippen molar-refractivity contribution in [2.45, 2.75) is 45.8 Å². The van der Waals surface area contributed by atoms with Crippen molar-refractivity contribution in [1.82, 2.24) is 15.3 Å². The summed E-state index contributed by atoms with van der Waals surface area (Å²) < 4.78 is 11.5. The maximum absolute atomic E-state index is 12.7. The minimum absolute atomic E-state index is 0.0859. The molecule has 1 aliphatic heterocycles. The van der Waals surface area contributed by atoms with E-state index in [1.165, 1.54) is 11.3 Å². The van der Waals surface area contributed by atoms with Gasteiger partial charge in [0.1, 0.15) is 16.7 Å². The van der Waals surface area contributed by atoms with Crippen LogP contribution >= 0.6 is 11.3 Å². The lowest BCUT2D eigenvalue weighted by Gasteiger charge is -2.32. The van der Waals surface area contributed by atoms with Crippen LogP contribution in [-0.4, -0.2) is 41.2 Å². The predicted octanol–water partition coefficient (Wildman–Crippen LogP) is 2.68. The molecule has 6 nitrogen and oxygen atoms in total. The van der Waals surface area contributed by atoms with Crippen molar-refractivity contribution in [3.05, 3.63) is 39.6 Å². The van der Waals surface area contributed by atoms with Crippen LogP contribution in [0.5, 0.6) is 5.75 Å². The Morgan fingerprint density at radius 3 is 2.96 bits per heavy atom. The van der Waals surface area contributed by atoms with E-state index in [-0.39, 0.29) is 18.1 Å². The van der Waals surface area contributed by atoms with Gasteiger partial charge in [-0.3, -0.25) is 9.78 Å². The van der Waals surface area contributed by atoms with Gasteiger partial charge in [-0.05, 0) is 38.8 Å². The summed E-state index contributed by atoms with van der Waals surface area (Å²) in [5, 5.41) is 4.08. The molecule has 7 heteroatoms. The number of hydrogen-bond donors (Lipinski definition) is 1. The number of pyridine rings is 1. The molecule has 1 saturated heterocycles. The highest BCUT2D eigenvalue weighted by Crippen LogP contribution is 2.21. The summed E-state index contributed by atoms with van der Waals surface area (Å²) >= 11 is 1.46. The van der Waals surface area contributed by atoms with Crippen molar-refractivity contribution in [2.75, 3.05) is 13.2 Å². The van der Waals surface area contributed by atoms with E-state index >= 15 is 0 Å². The van der Waals surface area contributed by atoms with Crippen LogP contribution < -0.4 is 10.1 Å². The molecule has 1 aliphatic rings. The fourth-order valence-corrected chi connectivity index (χ4v) is 3.65. The first-order valence-corrected chi connectivity index (χ1v) is 9.32. The molecule has 1 N–H and O–H groups in total. The van der Waals surface area contributed by atoms with Gasteiger partial charge in [0, 0.05) is 12.3 Å². The third kappa shape index (κ3) is 4.35. The molecule has 2 atom stereocenters. The number of carbonyl (C=O) groups is 1. The number of nitrogens with zero attached hydrogens (tertiary/aromatic N) is 2. The van der Waals surface area contributed by atoms with Gasteiger partial charge in [-0.25, -0.2) is 4.98 Å². The molecule has 0 spiro atoms. The first-order valence-electron chi connectivity index (χ1n) is 8.51. The lowest BCUT2D eigenvalue weighted by molar-refractivity contribution is -0.0136. The lowest BCUT2D eigenvalue weighted by Crippen LogP contribution is -2.51. The highest BCUT2D eigenvalue weighted by atomic mass is 32.1. The van der Waals surface area contributed by atoms with E-state index in [2.05, 4.69) is 15.3 Å². The van der Waals surface area contributed by atoms with Gasteiger partial charge >= 0.3 is 0 Å². The number of aromatic nitrogens is 2. The van der Waals surface area contributed by atoms with Crippen LogP contribution in [0.25, 0.3) is 0 Å². The number of amides is 1. The van der Waals surface area contributed by atoms with E-state index in [0.717, 1.165) is 22.8 Å². The van der Waals surface area contributed by atoms with E-state index in [9.17, 15) is 4.79 Å². The predicted molar refractivity (Wildman–Crippen MR) is 96.3 cm³/mol. The molecule has 2 aromatic heterocycles. The third-order valence-electron chi connectivity index (χ3n) is 4.14. The Balaban J connectivity index is 1.68. The van der Waals surface area contributed by atoms with Gasteiger partial charge < -0.3 is 14.8 Å². The molecule has 0 unspecified atom stereocenters. The first-order chi connectivity index (χ1) is 12.1. The number of rotatable bonds is 5. The summed E-state index contributed by atoms with van der Waals surface area (Å²) in [6.45, 7) is 6.90. The molecule has 0 radical (unpaired) electrons. The molecular formula is C18H23N3O3S. The van der Waals surface area contributed by atoms with Crippen molar-refractivity contribution in [3.8, 4) is 5.75 Å². The monoisotopic (exact) mass is 361 g/mol. The van der Waals surface area contributed by atoms with E-state index in [4.69, 9.17) is 9.47 Å². The number of carbonyl (C=O) groups excluding carboxylic acids is 1. The van der Waals surface area contributed by atoms with Crippen molar-refractivity contribution < 1.29 is 14.3 Å². The van der Waals surface area contributed by atoms with Crippen LogP contribution in [0.3, 0.4) is 0 Å². The molecule has 1 amide bonds. The van der Waals surface area contributed by atoms with Crippen molar-refractivity contribution >= 4 is 17.2 Å². The molecule has 3 heterocycles. The normalized spacial score (nSPS) is 20.3. The smallest absolute Gasteiger partial charge is 0.263 e. The van der Waals surface area contributed by atoms with Gasteiger partial charge in [-0.2, -0.15) is 0 Å². The van der Waals surface area contributed by atoms with Gasteiger partial charge in [-0.1, -0.05) is 6.92 Å². The average Bonchev–Trinajstić information content (AvgIpc) is 3.00. The topological polar surface area (TPSA) is 73.3 Å². The van der Waals surface area contributed by atoms with Crippen molar-refractivity contribution in [2.24, 2.45) is 0 Å². The molecule has 134 valence electrons. The third-order valence-corrected chi connectivity index (χ3v) is 5.44. The summed E-state index contributed by atoms with van der Waals surface area (Å²) in [7, 11) is 0. The minimum Gasteiger partial charge on any atom is -0.484 e. The standard InChI is InChI=1S/C18H23N3O3S/c1-4-16-20-12(3)17(25-16)18(22)21-14-7-8-23-10-15(14)24-13-6-5-11(2)19-9-13/h5-6,9,14-15H,4,7-8,10H2,1-3H3,(H,21,22)/t14-,15+/m1/s1. The Kier molecular flexibility index (Phi) is 5.65. The lowest BCUT2D eigenvalue weighted by atomic mass is 10.1. The molecule has 25 heavy (non-hydrogen) atoms. The van der Waals surface area contributed by atoms with Crippen LogP contribution in [0.15, 0.2) is 18.3 Å². The molecule has 0 aliphatic carbocycles. The Morgan fingerprint density at radius 1 is 1.44 bits per heavy atom. The number of nitrogens with one attached hydrogen (secondary N) is 1. The summed E-state index contributed by atoms with van der Waals surface area (Å²) in [5.74, 6) is 0.597. The quantitative estimate of drug-likeness (QED) is 0.886. The van der Waals surface area contributed by atoms with Gasteiger partial charge in [-0.15, -0.1) is 11.3 Å². The molecular weight excluding hydrogens is 338 g/mol. The largest absolute Gasteiger partial charge is 0.484 e. The molecule has 0 saturated carbocycles. The first kappa shape index (κ1) is 17.8. The average molecular weight is 361 g/mol. The Labute approximate surface area is 151 Å². The van der Waals surface area contributed by atoms with Gasteiger partial charge in [0.25, 0.3) is 5.91 Å². The van der Waals surface area contributed by atoms with Crippen LogP contribution in [0.1, 0.15) is 39.4 Å². The van der Waals surface area contributed by atoms with E-state index in [1.807, 2.05) is 32.9 Å². The molecule has 3 rings (SSSR count). The second kappa shape index (κ2) is 7.93. The van der Waals surface area contributed by atoms with Crippen LogP contribution in [0.2, 0.25) is 0 Å². The number of hydrogen-bond acceptors (Lipinski definition) is 6. The minimum atomic E-state index is -0.235. The zero-order valence-electron chi connectivity index (χ0n) is 14.7. The Bertz CT molecular complexity index is 730. The van der Waals surface area contributed by atoms with E-state index < -0.39 is 0 Å².